The molecule has 0 fully saturated rings. The van der Waals surface area contributed by atoms with Crippen molar-refractivity contribution in [2.75, 3.05) is 5.32 Å². The number of anilines is 1. The summed E-state index contributed by atoms with van der Waals surface area (Å²) in [7, 11) is 1.39. The van der Waals surface area contributed by atoms with Crippen LogP contribution in [-0.2, 0) is 7.05 Å². The van der Waals surface area contributed by atoms with Crippen LogP contribution in [0.5, 0.6) is 11.5 Å². The van der Waals surface area contributed by atoms with E-state index in [1.54, 1.807) is 0 Å². The number of non-ortho nitro benzene ring substituents is 1. The molecule has 2 N–H and O–H groups in total. The molecular formula is C21H20N4O6. The van der Waals surface area contributed by atoms with E-state index in [0.29, 0.717) is 5.75 Å². The second-order valence-electron chi connectivity index (χ2n) is 7.07. The Morgan fingerprint density at radius 1 is 1.16 bits per heavy atom. The maximum atomic E-state index is 12.6. The Morgan fingerprint density at radius 2 is 1.87 bits per heavy atom. The molecule has 0 aliphatic rings. The zero-order valence-electron chi connectivity index (χ0n) is 17.3. The molecule has 160 valence electrons. The van der Waals surface area contributed by atoms with Gasteiger partial charge in [-0.05, 0) is 43.5 Å². The van der Waals surface area contributed by atoms with E-state index in [-0.39, 0.29) is 28.4 Å². The van der Waals surface area contributed by atoms with E-state index in [2.05, 4.69) is 10.4 Å². The van der Waals surface area contributed by atoms with Crippen molar-refractivity contribution in [3.63, 3.8) is 0 Å². The van der Waals surface area contributed by atoms with Crippen LogP contribution in [0.1, 0.15) is 37.5 Å². The normalized spacial score (nSPS) is 10.6. The minimum absolute atomic E-state index is 0.0800. The zero-order valence-corrected chi connectivity index (χ0v) is 17.3. The lowest BCUT2D eigenvalue weighted by Crippen LogP contribution is -2.17. The van der Waals surface area contributed by atoms with Gasteiger partial charge in [-0.15, -0.1) is 0 Å². The summed E-state index contributed by atoms with van der Waals surface area (Å²) in [5.74, 6) is -1.39. The Labute approximate surface area is 177 Å². The summed E-state index contributed by atoms with van der Waals surface area (Å²) in [5.41, 5.74) is 2.17. The van der Waals surface area contributed by atoms with Gasteiger partial charge in [0.05, 0.1) is 28.4 Å². The number of carboxylic acids is 1. The summed E-state index contributed by atoms with van der Waals surface area (Å²) in [4.78, 5) is 34.8. The molecule has 0 saturated heterocycles. The first-order chi connectivity index (χ1) is 14.6. The number of nitrogens with zero attached hydrogens (tertiary/aromatic N) is 3. The van der Waals surface area contributed by atoms with E-state index in [0.717, 1.165) is 33.6 Å². The molecule has 1 heterocycles. The predicted molar refractivity (Wildman–Crippen MR) is 112 cm³/mol. The van der Waals surface area contributed by atoms with Crippen molar-refractivity contribution in [2.24, 2.45) is 7.05 Å². The van der Waals surface area contributed by atoms with Gasteiger partial charge in [0.25, 0.3) is 11.6 Å². The molecule has 3 aromatic rings. The standard InChI is InChI=1S/C21H20N4O6/c1-11-5-12(2)13(3)18(6-11)31-16-8-14(7-15(9-16)25(29)30)23-20(26)17-10-22-24(4)19(17)21(27)28/h5-10H,1-4H3,(H,23,26)(H,27,28). The van der Waals surface area contributed by atoms with Gasteiger partial charge in [0.1, 0.15) is 11.5 Å². The summed E-state index contributed by atoms with van der Waals surface area (Å²) in [6.07, 6.45) is 1.12. The molecule has 0 unspecified atom stereocenters. The van der Waals surface area contributed by atoms with E-state index in [1.165, 1.54) is 19.2 Å². The summed E-state index contributed by atoms with van der Waals surface area (Å²) >= 11 is 0. The molecule has 0 aliphatic carbocycles. The Kier molecular flexibility index (Phi) is 5.73. The smallest absolute Gasteiger partial charge is 0.354 e. The molecule has 0 spiro atoms. The average Bonchev–Trinajstić information content (AvgIpc) is 3.07. The summed E-state index contributed by atoms with van der Waals surface area (Å²) < 4.78 is 6.95. The predicted octanol–water partition coefficient (Wildman–Crippen LogP) is 4.00. The second-order valence-corrected chi connectivity index (χ2v) is 7.07. The number of carbonyl (C=O) groups excluding carboxylic acids is 1. The number of aryl methyl sites for hydroxylation is 3. The minimum atomic E-state index is -1.32. The maximum absolute atomic E-state index is 12.6. The average molecular weight is 424 g/mol. The van der Waals surface area contributed by atoms with Crippen LogP contribution < -0.4 is 10.1 Å². The number of hydrogen-bond donors (Lipinski definition) is 2. The molecular weight excluding hydrogens is 404 g/mol. The number of rotatable bonds is 6. The van der Waals surface area contributed by atoms with Gasteiger partial charge >= 0.3 is 5.97 Å². The lowest BCUT2D eigenvalue weighted by atomic mass is 10.1. The third kappa shape index (κ3) is 4.53. The molecule has 10 nitrogen and oxygen atoms in total. The number of benzene rings is 2. The Balaban J connectivity index is 1.97. The van der Waals surface area contributed by atoms with E-state index in [4.69, 9.17) is 4.74 Å². The van der Waals surface area contributed by atoms with Crippen LogP contribution in [0.2, 0.25) is 0 Å². The van der Waals surface area contributed by atoms with Crippen molar-refractivity contribution in [1.29, 1.82) is 0 Å². The van der Waals surface area contributed by atoms with Gasteiger partial charge in [-0.1, -0.05) is 6.07 Å². The molecule has 0 atom stereocenters. The van der Waals surface area contributed by atoms with Gasteiger partial charge in [0.15, 0.2) is 5.69 Å². The lowest BCUT2D eigenvalue weighted by Gasteiger charge is -2.13. The van der Waals surface area contributed by atoms with Gasteiger partial charge < -0.3 is 15.2 Å². The van der Waals surface area contributed by atoms with Crippen molar-refractivity contribution < 1.29 is 24.4 Å². The van der Waals surface area contributed by atoms with E-state index >= 15 is 0 Å². The Morgan fingerprint density at radius 3 is 2.52 bits per heavy atom. The summed E-state index contributed by atoms with van der Waals surface area (Å²) in [5, 5.41) is 27.0. The first-order valence-electron chi connectivity index (χ1n) is 9.18. The van der Waals surface area contributed by atoms with Crippen molar-refractivity contribution in [2.45, 2.75) is 20.8 Å². The lowest BCUT2D eigenvalue weighted by molar-refractivity contribution is -0.384. The Hall–Kier alpha value is -4.21. The Bertz CT molecular complexity index is 1210. The van der Waals surface area contributed by atoms with E-state index in [9.17, 15) is 24.8 Å². The molecule has 1 aromatic heterocycles. The third-order valence-electron chi connectivity index (χ3n) is 4.74. The summed E-state index contributed by atoms with van der Waals surface area (Å²) in [6.45, 7) is 5.72. The number of ether oxygens (including phenoxy) is 1. The fourth-order valence-corrected chi connectivity index (χ4v) is 3.11. The monoisotopic (exact) mass is 424 g/mol. The van der Waals surface area contributed by atoms with Crippen LogP contribution >= 0.6 is 0 Å². The highest BCUT2D eigenvalue weighted by Crippen LogP contribution is 2.33. The number of nitro groups is 1. The van der Waals surface area contributed by atoms with Crippen LogP contribution in [0.4, 0.5) is 11.4 Å². The van der Waals surface area contributed by atoms with Crippen LogP contribution in [0.3, 0.4) is 0 Å². The van der Waals surface area contributed by atoms with Crippen molar-refractivity contribution in [3.05, 3.63) is 74.6 Å². The molecule has 3 rings (SSSR count). The molecule has 1 amide bonds. The van der Waals surface area contributed by atoms with Gasteiger partial charge in [0, 0.05) is 19.2 Å². The third-order valence-corrected chi connectivity index (χ3v) is 4.74. The van der Waals surface area contributed by atoms with Gasteiger partial charge in [-0.3, -0.25) is 19.6 Å². The van der Waals surface area contributed by atoms with Crippen LogP contribution in [0, 0.1) is 30.9 Å². The highest BCUT2D eigenvalue weighted by molar-refractivity contribution is 6.10. The first-order valence-corrected chi connectivity index (χ1v) is 9.18. The molecule has 31 heavy (non-hydrogen) atoms. The van der Waals surface area contributed by atoms with Gasteiger partial charge in [0.2, 0.25) is 0 Å². The number of amides is 1. The topological polar surface area (TPSA) is 137 Å². The number of aromatic nitrogens is 2. The fourth-order valence-electron chi connectivity index (χ4n) is 3.11. The quantitative estimate of drug-likeness (QED) is 0.451. The number of hydrogen-bond acceptors (Lipinski definition) is 6. The molecule has 0 aliphatic heterocycles. The van der Waals surface area contributed by atoms with Crippen molar-refractivity contribution in [1.82, 2.24) is 9.78 Å². The molecule has 10 heteroatoms. The number of nitrogens with one attached hydrogen (secondary N) is 1. The maximum Gasteiger partial charge on any atom is 0.354 e. The fraction of sp³-hybridized carbons (Fsp3) is 0.190. The molecule has 2 aromatic carbocycles. The molecule has 0 bridgehead atoms. The SMILES string of the molecule is Cc1cc(C)c(C)c(Oc2cc(NC(=O)c3cnn(C)c3C(=O)O)cc([N+](=O)[O-])c2)c1. The first kappa shape index (κ1) is 21.5. The van der Waals surface area contributed by atoms with Gasteiger partial charge in [-0.25, -0.2) is 4.79 Å². The highest BCUT2D eigenvalue weighted by Gasteiger charge is 2.22. The van der Waals surface area contributed by atoms with E-state index < -0.39 is 16.8 Å². The van der Waals surface area contributed by atoms with Crippen LogP contribution in [-0.4, -0.2) is 31.7 Å². The van der Waals surface area contributed by atoms with E-state index in [1.807, 2.05) is 32.9 Å². The molecule has 0 radical (unpaired) electrons. The number of carbonyl (C=O) groups is 2. The minimum Gasteiger partial charge on any atom is -0.477 e. The zero-order chi connectivity index (χ0) is 22.9. The molecule has 0 saturated carbocycles. The summed E-state index contributed by atoms with van der Waals surface area (Å²) in [6, 6.07) is 7.65. The van der Waals surface area contributed by atoms with Gasteiger partial charge in [-0.2, -0.15) is 5.10 Å². The van der Waals surface area contributed by atoms with Crippen LogP contribution in [0.15, 0.2) is 36.5 Å². The largest absolute Gasteiger partial charge is 0.477 e. The number of carboxylic acid groups (broad SMARTS) is 1. The van der Waals surface area contributed by atoms with Crippen molar-refractivity contribution >= 4 is 23.3 Å². The second kappa shape index (κ2) is 8.27. The highest BCUT2D eigenvalue weighted by atomic mass is 16.6. The number of nitro benzene ring substituents is 1. The number of aromatic carboxylic acids is 1. The van der Waals surface area contributed by atoms with Crippen molar-refractivity contribution in [3.8, 4) is 11.5 Å². The van der Waals surface area contributed by atoms with Crippen LogP contribution in [0.25, 0.3) is 0 Å².